The fourth-order valence-electron chi connectivity index (χ4n) is 7.14. The predicted molar refractivity (Wildman–Crippen MR) is 275 cm³/mol. The molecule has 388 valence electrons. The summed E-state index contributed by atoms with van der Waals surface area (Å²) in [5.41, 5.74) is 0. The number of carbonyl (C=O) groups is 1. The van der Waals surface area contributed by atoms with Gasteiger partial charge < -0.3 is 34.3 Å². The van der Waals surface area contributed by atoms with Crippen molar-refractivity contribution < 1.29 is 56.2 Å². The number of aliphatic hydroxyl groups is 3. The molecule has 0 bridgehead atoms. The quantitative estimate of drug-likeness (QED) is 0.0197. The summed E-state index contributed by atoms with van der Waals surface area (Å²) in [4.78, 5) is 12.9. The molecule has 1 aliphatic heterocycles. The molecule has 13 heteroatoms. The van der Waals surface area contributed by atoms with Crippen LogP contribution in [0.3, 0.4) is 0 Å². The number of aliphatic hydroxyl groups excluding tert-OH is 3. The van der Waals surface area contributed by atoms with Crippen LogP contribution in [0.5, 0.6) is 0 Å². The van der Waals surface area contributed by atoms with Crippen molar-refractivity contribution in [2.24, 2.45) is 0 Å². The van der Waals surface area contributed by atoms with Crippen molar-refractivity contribution in [2.75, 3.05) is 26.4 Å². The Hall–Kier alpha value is -3.24. The Bertz CT molecular complexity index is 1590. The second-order valence-electron chi connectivity index (χ2n) is 17.0. The van der Waals surface area contributed by atoms with Gasteiger partial charge in [0, 0.05) is 6.42 Å². The van der Waals surface area contributed by atoms with Gasteiger partial charge in [-0.1, -0.05) is 187 Å². The smallest absolute Gasteiger partial charge is 0.397 e. The molecule has 68 heavy (non-hydrogen) atoms. The van der Waals surface area contributed by atoms with E-state index in [-0.39, 0.29) is 19.6 Å². The zero-order chi connectivity index (χ0) is 49.6. The number of esters is 1. The van der Waals surface area contributed by atoms with E-state index in [2.05, 4.69) is 115 Å². The highest BCUT2D eigenvalue weighted by Gasteiger charge is 2.48. The Morgan fingerprint density at radius 3 is 1.41 bits per heavy atom. The van der Waals surface area contributed by atoms with Crippen LogP contribution in [0.25, 0.3) is 0 Å². The molecule has 6 unspecified atom stereocenters. The lowest BCUT2D eigenvalue weighted by atomic mass is 9.99. The van der Waals surface area contributed by atoms with Gasteiger partial charge in [-0.3, -0.25) is 9.35 Å². The van der Waals surface area contributed by atoms with Crippen molar-refractivity contribution in [3.05, 3.63) is 109 Å². The Labute approximate surface area is 411 Å². The van der Waals surface area contributed by atoms with E-state index in [4.69, 9.17) is 18.9 Å². The number of allylic oxidation sites excluding steroid dienone is 17. The molecular weight excluding hydrogens is 885 g/mol. The van der Waals surface area contributed by atoms with Gasteiger partial charge in [0.1, 0.15) is 30.5 Å². The van der Waals surface area contributed by atoms with Crippen LogP contribution in [0.4, 0.5) is 0 Å². The van der Waals surface area contributed by atoms with Crippen molar-refractivity contribution in [1.82, 2.24) is 0 Å². The lowest BCUT2D eigenvalue weighted by Gasteiger charge is -2.41. The molecule has 12 nitrogen and oxygen atoms in total. The number of ether oxygens (including phenoxy) is 4. The molecule has 1 heterocycles. The summed E-state index contributed by atoms with van der Waals surface area (Å²) < 4.78 is 59.1. The minimum absolute atomic E-state index is 0.0255. The Kier molecular flexibility index (Phi) is 41.5. The number of carbonyl (C=O) groups excluding carboxylic acids is 1. The van der Waals surface area contributed by atoms with E-state index in [1.54, 1.807) is 0 Å². The van der Waals surface area contributed by atoms with E-state index in [1.807, 2.05) is 12.2 Å². The summed E-state index contributed by atoms with van der Waals surface area (Å²) in [5, 5.41) is 30.7. The lowest BCUT2D eigenvalue weighted by molar-refractivity contribution is -0.301. The van der Waals surface area contributed by atoms with Crippen LogP contribution in [0.2, 0.25) is 0 Å². The summed E-state index contributed by atoms with van der Waals surface area (Å²) in [5.74, 6) is -0.431. The maximum atomic E-state index is 12.9. The first-order valence-corrected chi connectivity index (χ1v) is 27.0. The Balaban J connectivity index is 2.38. The van der Waals surface area contributed by atoms with E-state index >= 15 is 0 Å². The number of hydrogen-bond donors (Lipinski definition) is 4. The van der Waals surface area contributed by atoms with E-state index in [9.17, 15) is 33.1 Å². The molecule has 0 saturated carbocycles. The van der Waals surface area contributed by atoms with Crippen molar-refractivity contribution >= 4 is 16.4 Å². The largest absolute Gasteiger partial charge is 0.457 e. The third-order valence-corrected chi connectivity index (χ3v) is 11.4. The third kappa shape index (κ3) is 37.6. The molecule has 0 aromatic rings. The SMILES string of the molecule is CC/C=C\C/C=C\C/C=C\C/C=C\C/C=C\CCOCC(COC1OC(CO)C(O)C(OS(=O)(=O)O)C1O)OC(=O)CCCCCCCCCCCCCC/C=C\C/C=C\C/C=C\C/C=C\CC. The monoisotopic (exact) mass is 975 g/mol. The van der Waals surface area contributed by atoms with Crippen LogP contribution < -0.4 is 0 Å². The van der Waals surface area contributed by atoms with Crippen LogP contribution in [0.15, 0.2) is 109 Å². The molecule has 0 radical (unpaired) electrons. The molecule has 1 rings (SSSR count). The topological polar surface area (TPSA) is 178 Å². The van der Waals surface area contributed by atoms with Crippen LogP contribution >= 0.6 is 0 Å². The van der Waals surface area contributed by atoms with Gasteiger partial charge in [0.15, 0.2) is 6.29 Å². The summed E-state index contributed by atoms with van der Waals surface area (Å²) in [6.45, 7) is 3.53. The molecule has 1 aliphatic rings. The second kappa shape index (κ2) is 44.9. The highest BCUT2D eigenvalue weighted by atomic mass is 32.3. The minimum Gasteiger partial charge on any atom is -0.457 e. The number of rotatable bonds is 43. The van der Waals surface area contributed by atoms with E-state index in [0.717, 1.165) is 83.5 Å². The maximum absolute atomic E-state index is 12.9. The normalized spacial score (nSPS) is 20.2. The fraction of sp³-hybridized carbons (Fsp3) is 0.655. The molecule has 0 aromatic carbocycles. The minimum atomic E-state index is -5.08. The van der Waals surface area contributed by atoms with Gasteiger partial charge in [0.25, 0.3) is 0 Å². The first-order valence-electron chi connectivity index (χ1n) is 25.6. The zero-order valence-corrected chi connectivity index (χ0v) is 42.4. The summed E-state index contributed by atoms with van der Waals surface area (Å²) >= 11 is 0. The highest BCUT2D eigenvalue weighted by molar-refractivity contribution is 7.80. The van der Waals surface area contributed by atoms with Crippen molar-refractivity contribution in [1.29, 1.82) is 0 Å². The van der Waals surface area contributed by atoms with Gasteiger partial charge >= 0.3 is 16.4 Å². The summed E-state index contributed by atoms with van der Waals surface area (Å²) in [7, 11) is -5.08. The molecule has 0 aliphatic carbocycles. The molecule has 6 atom stereocenters. The molecule has 4 N–H and O–H groups in total. The Morgan fingerprint density at radius 1 is 0.559 bits per heavy atom. The van der Waals surface area contributed by atoms with Crippen LogP contribution in [-0.4, -0.2) is 97.5 Å². The lowest BCUT2D eigenvalue weighted by Crippen LogP contribution is -2.60. The first-order chi connectivity index (χ1) is 33.1. The second-order valence-corrected chi connectivity index (χ2v) is 18.0. The molecule has 0 spiro atoms. The zero-order valence-electron chi connectivity index (χ0n) is 41.6. The fourth-order valence-corrected chi connectivity index (χ4v) is 7.65. The molecular formula is C55H90O12S. The molecule has 1 fully saturated rings. The van der Waals surface area contributed by atoms with E-state index in [0.29, 0.717) is 19.4 Å². The maximum Gasteiger partial charge on any atom is 0.397 e. The van der Waals surface area contributed by atoms with Gasteiger partial charge in [-0.05, 0) is 83.5 Å². The summed E-state index contributed by atoms with van der Waals surface area (Å²) in [6, 6.07) is 0. The number of unbranched alkanes of at least 4 members (excludes halogenated alkanes) is 12. The average Bonchev–Trinajstić information content (AvgIpc) is 3.31. The van der Waals surface area contributed by atoms with Gasteiger partial charge in [-0.25, -0.2) is 4.18 Å². The molecule has 1 saturated heterocycles. The van der Waals surface area contributed by atoms with E-state index < -0.39 is 59.8 Å². The van der Waals surface area contributed by atoms with Crippen LogP contribution in [0, 0.1) is 0 Å². The molecule has 0 amide bonds. The highest BCUT2D eigenvalue weighted by Crippen LogP contribution is 2.26. The van der Waals surface area contributed by atoms with Gasteiger partial charge in [-0.15, -0.1) is 0 Å². The molecule has 0 aromatic heterocycles. The summed E-state index contributed by atoms with van der Waals surface area (Å²) in [6.07, 6.45) is 54.3. The van der Waals surface area contributed by atoms with Crippen molar-refractivity contribution in [3.63, 3.8) is 0 Å². The van der Waals surface area contributed by atoms with E-state index in [1.165, 1.54) is 51.4 Å². The Morgan fingerprint density at radius 2 is 0.971 bits per heavy atom. The average molecular weight is 975 g/mol. The van der Waals surface area contributed by atoms with Crippen molar-refractivity contribution in [3.8, 4) is 0 Å². The first kappa shape index (κ1) is 62.8. The predicted octanol–water partition coefficient (Wildman–Crippen LogP) is 12.0. The van der Waals surface area contributed by atoms with Gasteiger partial charge in [-0.2, -0.15) is 8.42 Å². The number of hydrogen-bond acceptors (Lipinski definition) is 11. The van der Waals surface area contributed by atoms with Gasteiger partial charge in [0.2, 0.25) is 0 Å². The van der Waals surface area contributed by atoms with Crippen molar-refractivity contribution in [2.45, 2.75) is 205 Å². The third-order valence-electron chi connectivity index (χ3n) is 10.9. The van der Waals surface area contributed by atoms with Gasteiger partial charge in [0.05, 0.1) is 26.4 Å². The standard InChI is InChI=1S/C55H90O12S/c1-3-5-7-9-11-13-15-17-19-21-22-23-24-25-26-27-28-29-30-32-34-36-38-40-42-44-51(57)65-49(48-64-55-53(59)54(67-68(60,61)62)52(58)50(46-56)66-55)47-63-45-43-41-39-37-35-33-31-20-18-16-14-12-10-8-6-4-2/h5-8,11-14,17-20,22-23,33,35,39,41,49-50,52-56,58-59H,3-4,9-10,15-16,21,24-32,34,36-38,40,42-48H2,1-2H3,(H,60,61,62)/b7-5-,8-6-,13-11-,14-12-,19-17-,20-18-,23-22-,35-33-,41-39-. The van der Waals surface area contributed by atoms with Crippen LogP contribution in [-0.2, 0) is 38.3 Å². The van der Waals surface area contributed by atoms with Crippen LogP contribution in [0.1, 0.15) is 168 Å².